The molecule has 0 amide bonds. The number of likely N-dealkylation sites (tertiary alicyclic amines) is 1. The maximum Gasteiger partial charge on any atom is 0.103 e. The summed E-state index contributed by atoms with van der Waals surface area (Å²) in [6, 6.07) is 8.82. The van der Waals surface area contributed by atoms with Crippen molar-refractivity contribution in [1.29, 1.82) is 0 Å². The first-order valence-electron chi connectivity index (χ1n) is 8.31. The second-order valence-corrected chi connectivity index (χ2v) is 7.00. The Morgan fingerprint density at radius 3 is 2.81 bits per heavy atom. The summed E-state index contributed by atoms with van der Waals surface area (Å²) in [6.07, 6.45) is 4.37. The number of nitrogens with one attached hydrogen (secondary N) is 1. The summed E-state index contributed by atoms with van der Waals surface area (Å²) < 4.78 is 0. The maximum absolute atomic E-state index is 11.0. The van der Waals surface area contributed by atoms with Gasteiger partial charge in [-0.1, -0.05) is 24.3 Å². The highest BCUT2D eigenvalue weighted by molar-refractivity contribution is 5.37. The number of hydrogen-bond donors (Lipinski definition) is 2. The third kappa shape index (κ3) is 3.15. The van der Waals surface area contributed by atoms with E-state index in [4.69, 9.17) is 0 Å². The van der Waals surface area contributed by atoms with Crippen molar-refractivity contribution in [2.24, 2.45) is 5.92 Å². The summed E-state index contributed by atoms with van der Waals surface area (Å²) in [6.45, 7) is 5.35. The van der Waals surface area contributed by atoms with E-state index in [0.29, 0.717) is 12.6 Å². The Balaban J connectivity index is 1.58. The van der Waals surface area contributed by atoms with Gasteiger partial charge in [-0.15, -0.1) is 0 Å². The minimum atomic E-state index is -0.670. The SMILES string of the molecule is CC(NCC1(O)CCc2ccccc21)C1CCN(C)CC1. The van der Waals surface area contributed by atoms with Gasteiger partial charge in [-0.05, 0) is 69.8 Å². The second kappa shape index (κ2) is 6.07. The molecule has 0 bridgehead atoms. The molecule has 1 aliphatic carbocycles. The molecule has 0 spiro atoms. The van der Waals surface area contributed by atoms with E-state index >= 15 is 0 Å². The molecule has 2 unspecified atom stereocenters. The van der Waals surface area contributed by atoms with Crippen molar-refractivity contribution in [3.05, 3.63) is 35.4 Å². The van der Waals surface area contributed by atoms with E-state index in [0.717, 1.165) is 24.3 Å². The van der Waals surface area contributed by atoms with E-state index in [1.807, 2.05) is 6.07 Å². The van der Waals surface area contributed by atoms with Crippen molar-refractivity contribution in [1.82, 2.24) is 10.2 Å². The Labute approximate surface area is 128 Å². The lowest BCUT2D eigenvalue weighted by Gasteiger charge is -2.35. The fraction of sp³-hybridized carbons (Fsp3) is 0.667. The Bertz CT molecular complexity index is 482. The lowest BCUT2D eigenvalue weighted by atomic mass is 9.89. The third-order valence-corrected chi connectivity index (χ3v) is 5.51. The second-order valence-electron chi connectivity index (χ2n) is 7.00. The monoisotopic (exact) mass is 288 g/mol. The normalized spacial score (nSPS) is 28.5. The molecule has 2 aliphatic rings. The average molecular weight is 288 g/mol. The van der Waals surface area contributed by atoms with Gasteiger partial charge in [0.05, 0.1) is 0 Å². The Hall–Kier alpha value is -0.900. The quantitative estimate of drug-likeness (QED) is 0.891. The van der Waals surface area contributed by atoms with Crippen LogP contribution >= 0.6 is 0 Å². The zero-order valence-electron chi connectivity index (χ0n) is 13.3. The first-order chi connectivity index (χ1) is 10.1. The number of piperidine rings is 1. The number of aliphatic hydroxyl groups is 1. The van der Waals surface area contributed by atoms with Gasteiger partial charge in [0.25, 0.3) is 0 Å². The van der Waals surface area contributed by atoms with Gasteiger partial charge in [-0.2, -0.15) is 0 Å². The van der Waals surface area contributed by atoms with Gasteiger partial charge in [-0.25, -0.2) is 0 Å². The van der Waals surface area contributed by atoms with Gasteiger partial charge in [0.1, 0.15) is 5.60 Å². The minimum Gasteiger partial charge on any atom is -0.384 e. The fourth-order valence-electron chi connectivity index (χ4n) is 3.88. The van der Waals surface area contributed by atoms with Crippen molar-refractivity contribution in [2.45, 2.75) is 44.2 Å². The number of rotatable bonds is 4. The van der Waals surface area contributed by atoms with Gasteiger partial charge < -0.3 is 15.3 Å². The maximum atomic E-state index is 11.0. The molecule has 1 saturated heterocycles. The van der Waals surface area contributed by atoms with Gasteiger partial charge >= 0.3 is 0 Å². The largest absolute Gasteiger partial charge is 0.384 e. The number of hydrogen-bond acceptors (Lipinski definition) is 3. The zero-order chi connectivity index (χ0) is 14.9. The number of nitrogens with zero attached hydrogens (tertiary/aromatic N) is 1. The van der Waals surface area contributed by atoms with E-state index in [2.05, 4.69) is 42.4 Å². The van der Waals surface area contributed by atoms with E-state index in [1.165, 1.54) is 31.5 Å². The molecule has 0 radical (unpaired) electrons. The van der Waals surface area contributed by atoms with Crippen LogP contribution < -0.4 is 5.32 Å². The van der Waals surface area contributed by atoms with Crippen LogP contribution in [-0.2, 0) is 12.0 Å². The van der Waals surface area contributed by atoms with Crippen molar-refractivity contribution in [2.75, 3.05) is 26.7 Å². The van der Waals surface area contributed by atoms with Crippen LogP contribution in [0.25, 0.3) is 0 Å². The van der Waals surface area contributed by atoms with Crippen molar-refractivity contribution in [3.63, 3.8) is 0 Å². The Morgan fingerprint density at radius 2 is 2.05 bits per heavy atom. The average Bonchev–Trinajstić information content (AvgIpc) is 2.84. The van der Waals surface area contributed by atoms with Gasteiger partial charge in [0.15, 0.2) is 0 Å². The highest BCUT2D eigenvalue weighted by Crippen LogP contribution is 2.36. The third-order valence-electron chi connectivity index (χ3n) is 5.51. The van der Waals surface area contributed by atoms with Crippen LogP contribution in [0.1, 0.15) is 37.3 Å². The van der Waals surface area contributed by atoms with Gasteiger partial charge in [-0.3, -0.25) is 0 Å². The number of aryl methyl sites for hydroxylation is 1. The molecule has 1 fully saturated rings. The van der Waals surface area contributed by atoms with E-state index in [1.54, 1.807) is 0 Å². The summed E-state index contributed by atoms with van der Waals surface area (Å²) >= 11 is 0. The molecule has 116 valence electrons. The molecule has 2 N–H and O–H groups in total. The lowest BCUT2D eigenvalue weighted by molar-refractivity contribution is 0.0327. The van der Waals surface area contributed by atoms with E-state index in [9.17, 15) is 5.11 Å². The predicted octanol–water partition coefficient (Wildman–Crippen LogP) is 2.14. The Kier molecular flexibility index (Phi) is 4.34. The number of benzene rings is 1. The van der Waals surface area contributed by atoms with Crippen LogP contribution in [0.15, 0.2) is 24.3 Å². The van der Waals surface area contributed by atoms with Gasteiger partial charge in [0.2, 0.25) is 0 Å². The summed E-state index contributed by atoms with van der Waals surface area (Å²) in [5.74, 6) is 0.737. The summed E-state index contributed by atoms with van der Waals surface area (Å²) in [7, 11) is 2.20. The molecule has 0 saturated carbocycles. The van der Waals surface area contributed by atoms with Crippen molar-refractivity contribution >= 4 is 0 Å². The minimum absolute atomic E-state index is 0.482. The van der Waals surface area contributed by atoms with Crippen LogP contribution in [0.3, 0.4) is 0 Å². The standard InChI is InChI=1S/C18H28N2O/c1-14(15-8-11-20(2)12-9-15)19-13-18(21)10-7-16-5-3-4-6-17(16)18/h3-6,14-15,19,21H,7-13H2,1-2H3. The van der Waals surface area contributed by atoms with Crippen LogP contribution in [-0.4, -0.2) is 42.7 Å². The predicted molar refractivity (Wildman–Crippen MR) is 86.3 cm³/mol. The van der Waals surface area contributed by atoms with E-state index < -0.39 is 5.60 Å². The molecule has 1 aromatic rings. The first-order valence-corrected chi connectivity index (χ1v) is 8.31. The van der Waals surface area contributed by atoms with Crippen LogP contribution in [0, 0.1) is 5.92 Å². The molecular weight excluding hydrogens is 260 g/mol. The molecule has 3 heteroatoms. The summed E-state index contributed by atoms with van der Waals surface area (Å²) in [5.41, 5.74) is 1.78. The molecule has 1 heterocycles. The molecular formula is C18H28N2O. The molecule has 1 aromatic carbocycles. The van der Waals surface area contributed by atoms with Crippen LogP contribution in [0.4, 0.5) is 0 Å². The topological polar surface area (TPSA) is 35.5 Å². The molecule has 21 heavy (non-hydrogen) atoms. The first kappa shape index (κ1) is 15.0. The van der Waals surface area contributed by atoms with E-state index in [-0.39, 0.29) is 0 Å². The van der Waals surface area contributed by atoms with Crippen molar-refractivity contribution < 1.29 is 5.11 Å². The Morgan fingerprint density at radius 1 is 1.33 bits per heavy atom. The smallest absolute Gasteiger partial charge is 0.103 e. The summed E-state index contributed by atoms with van der Waals surface area (Å²) in [4.78, 5) is 2.41. The lowest BCUT2D eigenvalue weighted by Crippen LogP contribution is -2.45. The van der Waals surface area contributed by atoms with Crippen LogP contribution in [0.5, 0.6) is 0 Å². The molecule has 3 rings (SSSR count). The highest BCUT2D eigenvalue weighted by Gasteiger charge is 2.36. The van der Waals surface area contributed by atoms with Crippen molar-refractivity contribution in [3.8, 4) is 0 Å². The summed E-state index contributed by atoms with van der Waals surface area (Å²) in [5, 5.41) is 14.6. The fourth-order valence-corrected chi connectivity index (χ4v) is 3.88. The molecule has 0 aromatic heterocycles. The zero-order valence-corrected chi connectivity index (χ0v) is 13.3. The highest BCUT2D eigenvalue weighted by atomic mass is 16.3. The van der Waals surface area contributed by atoms with Crippen LogP contribution in [0.2, 0.25) is 0 Å². The van der Waals surface area contributed by atoms with Gasteiger partial charge in [0, 0.05) is 12.6 Å². The molecule has 2 atom stereocenters. The molecule has 3 nitrogen and oxygen atoms in total. The number of fused-ring (bicyclic) bond motifs is 1. The molecule has 1 aliphatic heterocycles.